The summed E-state index contributed by atoms with van der Waals surface area (Å²) in [6.45, 7) is 4.94. The number of para-hydroxylation sites is 1. The number of aliphatic hydroxyl groups is 1. The van der Waals surface area contributed by atoms with Crippen LogP contribution in [0.5, 0.6) is 11.5 Å². The second kappa shape index (κ2) is 9.87. The molecular weight excluding hydrogens is 458 g/mol. The van der Waals surface area contributed by atoms with Crippen molar-refractivity contribution in [2.75, 3.05) is 25.0 Å². The molecular formula is C27H29N5O4. The van der Waals surface area contributed by atoms with Gasteiger partial charge in [0.2, 0.25) is 5.91 Å². The molecule has 0 unspecified atom stereocenters. The minimum Gasteiger partial charge on any atom is -0.457 e. The molecule has 5 rings (SSSR count). The highest BCUT2D eigenvalue weighted by atomic mass is 16.5. The first-order valence-corrected chi connectivity index (χ1v) is 12.0. The van der Waals surface area contributed by atoms with Crippen LogP contribution in [0.25, 0.3) is 11.3 Å². The molecule has 36 heavy (non-hydrogen) atoms. The van der Waals surface area contributed by atoms with E-state index in [0.717, 1.165) is 17.7 Å². The average molecular weight is 488 g/mol. The number of carbonyl (C=O) groups excluding carboxylic acids is 2. The molecule has 186 valence electrons. The minimum absolute atomic E-state index is 0.116. The van der Waals surface area contributed by atoms with Crippen molar-refractivity contribution in [3.8, 4) is 22.8 Å². The number of nitrogens with one attached hydrogen (secondary N) is 1. The van der Waals surface area contributed by atoms with Crippen LogP contribution < -0.4 is 15.8 Å². The van der Waals surface area contributed by atoms with E-state index in [2.05, 4.69) is 11.9 Å². The Morgan fingerprint density at radius 2 is 1.83 bits per heavy atom. The van der Waals surface area contributed by atoms with Crippen LogP contribution in [-0.4, -0.2) is 57.3 Å². The summed E-state index contributed by atoms with van der Waals surface area (Å²) in [7, 11) is 0. The number of β-amino-alcohol motifs (C(OH)–C–C–N with tert-alkyl or cyclic N) is 1. The maximum atomic E-state index is 12.5. The number of fused-ring (bicyclic) bond motifs is 1. The maximum Gasteiger partial charge on any atom is 0.254 e. The zero-order valence-corrected chi connectivity index (χ0v) is 19.8. The highest BCUT2D eigenvalue weighted by Crippen LogP contribution is 2.40. The van der Waals surface area contributed by atoms with Gasteiger partial charge in [-0.25, -0.2) is 4.68 Å². The van der Waals surface area contributed by atoms with Crippen molar-refractivity contribution < 1.29 is 19.4 Å². The lowest BCUT2D eigenvalue weighted by molar-refractivity contribution is -0.131. The third kappa shape index (κ3) is 4.45. The van der Waals surface area contributed by atoms with Crippen LogP contribution in [0.4, 0.5) is 5.82 Å². The predicted molar refractivity (Wildman–Crippen MR) is 136 cm³/mol. The van der Waals surface area contributed by atoms with E-state index >= 15 is 0 Å². The van der Waals surface area contributed by atoms with Crippen molar-refractivity contribution in [1.29, 1.82) is 0 Å². The Morgan fingerprint density at radius 3 is 2.50 bits per heavy atom. The fraction of sp³-hybridized carbons (Fsp3) is 0.296. The van der Waals surface area contributed by atoms with Gasteiger partial charge in [0, 0.05) is 31.1 Å². The van der Waals surface area contributed by atoms with E-state index in [1.54, 1.807) is 9.58 Å². The summed E-state index contributed by atoms with van der Waals surface area (Å²) in [4.78, 5) is 26.2. The molecule has 0 saturated carbocycles. The van der Waals surface area contributed by atoms with E-state index < -0.39 is 12.0 Å². The van der Waals surface area contributed by atoms with Gasteiger partial charge in [0.15, 0.2) is 0 Å². The molecule has 9 heteroatoms. The van der Waals surface area contributed by atoms with E-state index in [1.165, 1.54) is 6.08 Å². The van der Waals surface area contributed by atoms with Crippen LogP contribution in [0.2, 0.25) is 0 Å². The Labute approximate surface area is 209 Å². The summed E-state index contributed by atoms with van der Waals surface area (Å²) >= 11 is 0. The molecule has 2 aliphatic heterocycles. The molecule has 2 aliphatic rings. The van der Waals surface area contributed by atoms with E-state index in [9.17, 15) is 14.7 Å². The largest absolute Gasteiger partial charge is 0.457 e. The summed E-state index contributed by atoms with van der Waals surface area (Å²) < 4.78 is 7.68. The van der Waals surface area contributed by atoms with Crippen LogP contribution in [0.3, 0.4) is 0 Å². The monoisotopic (exact) mass is 487 g/mol. The van der Waals surface area contributed by atoms with Gasteiger partial charge in [-0.05, 0) is 55.3 Å². The fourth-order valence-corrected chi connectivity index (χ4v) is 5.17. The lowest BCUT2D eigenvalue weighted by atomic mass is 9.84. The van der Waals surface area contributed by atoms with Crippen molar-refractivity contribution in [2.45, 2.75) is 25.0 Å². The molecule has 1 fully saturated rings. The average Bonchev–Trinajstić information content (AvgIpc) is 3.29. The van der Waals surface area contributed by atoms with E-state index in [0.29, 0.717) is 42.3 Å². The van der Waals surface area contributed by atoms with Crippen LogP contribution in [0.1, 0.15) is 29.2 Å². The highest BCUT2D eigenvalue weighted by Gasteiger charge is 2.39. The number of rotatable bonds is 6. The summed E-state index contributed by atoms with van der Waals surface area (Å²) in [5.74, 6) is 1.08. The molecule has 1 saturated heterocycles. The van der Waals surface area contributed by atoms with Crippen molar-refractivity contribution in [2.24, 2.45) is 11.7 Å². The lowest BCUT2D eigenvalue weighted by Gasteiger charge is -2.41. The number of nitrogens with two attached hydrogens (primary N) is 1. The van der Waals surface area contributed by atoms with Crippen LogP contribution >= 0.6 is 0 Å². The van der Waals surface area contributed by atoms with Crippen molar-refractivity contribution in [1.82, 2.24) is 14.7 Å². The molecule has 2 aromatic carbocycles. The number of carbonyl (C=O) groups is 2. The Hall–Kier alpha value is -4.11. The van der Waals surface area contributed by atoms with Crippen molar-refractivity contribution in [3.63, 3.8) is 0 Å². The Balaban J connectivity index is 1.44. The third-order valence-electron chi connectivity index (χ3n) is 6.92. The number of benzene rings is 2. The minimum atomic E-state index is -0.710. The number of nitrogens with zero attached hydrogens (tertiary/aromatic N) is 3. The molecule has 0 aliphatic carbocycles. The number of aromatic nitrogens is 2. The number of ether oxygens (including phenoxy) is 1. The summed E-state index contributed by atoms with van der Waals surface area (Å²) in [6.07, 6.45) is 1.91. The predicted octanol–water partition coefficient (Wildman–Crippen LogP) is 3.19. The number of hydrogen-bond donors (Lipinski definition) is 3. The molecule has 9 nitrogen and oxygen atoms in total. The first-order chi connectivity index (χ1) is 17.5. The maximum absolute atomic E-state index is 12.5. The summed E-state index contributed by atoms with van der Waals surface area (Å²) in [6, 6.07) is 16.7. The molecule has 0 bridgehead atoms. The van der Waals surface area contributed by atoms with Gasteiger partial charge >= 0.3 is 0 Å². The second-order valence-corrected chi connectivity index (χ2v) is 9.11. The van der Waals surface area contributed by atoms with Gasteiger partial charge in [0.1, 0.15) is 28.6 Å². The first-order valence-electron chi connectivity index (χ1n) is 12.0. The third-order valence-corrected chi connectivity index (χ3v) is 6.92. The van der Waals surface area contributed by atoms with Crippen molar-refractivity contribution >= 4 is 17.6 Å². The van der Waals surface area contributed by atoms with Gasteiger partial charge in [-0.1, -0.05) is 24.8 Å². The van der Waals surface area contributed by atoms with Crippen LogP contribution in [-0.2, 0) is 4.79 Å². The molecule has 2 amide bonds. The Kier molecular flexibility index (Phi) is 6.47. The highest BCUT2D eigenvalue weighted by molar-refractivity contribution is 6.03. The van der Waals surface area contributed by atoms with Crippen LogP contribution in [0, 0.1) is 5.92 Å². The molecule has 3 aromatic rings. The van der Waals surface area contributed by atoms with Crippen molar-refractivity contribution in [3.05, 3.63) is 72.8 Å². The number of amides is 2. The topological polar surface area (TPSA) is 123 Å². The van der Waals surface area contributed by atoms with Gasteiger partial charge in [0.25, 0.3) is 5.91 Å². The quantitative estimate of drug-likeness (QED) is 0.459. The molecule has 3 atom stereocenters. The van der Waals surface area contributed by atoms with Gasteiger partial charge in [-0.15, -0.1) is 0 Å². The second-order valence-electron chi connectivity index (χ2n) is 9.11. The SMILES string of the molecule is C=CC(=O)N1CC[C@H]([C@@H]2CCNc3c(C(N)=O)c(-c4ccc(Oc5ccccc5)cc4)nn32)[C@@H](O)C1. The standard InChI is InChI=1S/C27H29N5O4/c1-2-23(34)31-15-13-20(22(33)16-31)21-12-14-29-27-24(26(28)35)25(30-32(21)27)17-8-10-19(11-9-17)36-18-6-4-3-5-7-18/h2-11,20-22,29,33H,1,12-16H2,(H2,28,35)/t20-,21+,22+/m1/s1. The zero-order valence-electron chi connectivity index (χ0n) is 19.8. The number of piperidine rings is 1. The smallest absolute Gasteiger partial charge is 0.254 e. The number of aliphatic hydroxyl groups excluding tert-OH is 1. The Morgan fingerprint density at radius 1 is 1.11 bits per heavy atom. The first kappa shape index (κ1) is 23.6. The number of primary amides is 1. The molecule has 3 heterocycles. The van der Waals surface area contributed by atoms with E-state index in [4.69, 9.17) is 15.6 Å². The zero-order chi connectivity index (χ0) is 25.2. The summed E-state index contributed by atoms with van der Waals surface area (Å²) in [5, 5.41) is 19.0. The van der Waals surface area contributed by atoms with Gasteiger partial charge < -0.3 is 25.8 Å². The van der Waals surface area contributed by atoms with E-state index in [1.807, 2.05) is 54.6 Å². The lowest BCUT2D eigenvalue weighted by Crippen LogP contribution is -2.49. The fourth-order valence-electron chi connectivity index (χ4n) is 5.17. The van der Waals surface area contributed by atoms with Crippen LogP contribution in [0.15, 0.2) is 67.3 Å². The van der Waals surface area contributed by atoms with Gasteiger partial charge in [-0.3, -0.25) is 9.59 Å². The number of likely N-dealkylation sites (tertiary alicyclic amines) is 1. The number of hydrogen-bond acceptors (Lipinski definition) is 6. The van der Waals surface area contributed by atoms with E-state index in [-0.39, 0.29) is 24.4 Å². The molecule has 0 spiro atoms. The molecule has 1 aromatic heterocycles. The van der Waals surface area contributed by atoms with Gasteiger partial charge in [0.05, 0.1) is 12.1 Å². The molecule has 0 radical (unpaired) electrons. The molecule has 4 N–H and O–H groups in total. The van der Waals surface area contributed by atoms with Gasteiger partial charge in [-0.2, -0.15) is 5.10 Å². The summed E-state index contributed by atoms with van der Waals surface area (Å²) in [5.41, 5.74) is 7.35. The Bertz CT molecular complexity index is 1270. The normalized spacial score (nSPS) is 21.2. The number of anilines is 1.